The Kier molecular flexibility index (Phi) is 3.65. The van der Waals surface area contributed by atoms with Gasteiger partial charge in [0.25, 0.3) is 0 Å². The standard InChI is InChI=1S/C16H20N4O3/c21-16(22)14-5-4-11-10-17-20(15(11)18-14)23-13-8-12(9-13)19-6-2-1-3-7-19/h4-5,10,12-13H,1-3,6-9H2,(H,21,22). The maximum atomic E-state index is 11.0. The van der Waals surface area contributed by atoms with Crippen molar-refractivity contribution in [3.63, 3.8) is 0 Å². The zero-order valence-corrected chi connectivity index (χ0v) is 12.9. The van der Waals surface area contributed by atoms with Crippen molar-refractivity contribution < 1.29 is 14.7 Å². The lowest BCUT2D eigenvalue weighted by atomic mass is 9.87. The van der Waals surface area contributed by atoms with Crippen LogP contribution in [0.3, 0.4) is 0 Å². The molecule has 0 radical (unpaired) electrons. The first-order valence-electron chi connectivity index (χ1n) is 8.20. The number of pyridine rings is 1. The summed E-state index contributed by atoms with van der Waals surface area (Å²) in [5, 5.41) is 14.0. The van der Waals surface area contributed by atoms with Gasteiger partial charge < -0.3 is 14.8 Å². The Balaban J connectivity index is 1.42. The molecule has 1 saturated carbocycles. The number of aromatic carboxylic acids is 1. The lowest BCUT2D eigenvalue weighted by Gasteiger charge is -2.43. The molecule has 4 rings (SSSR count). The number of rotatable bonds is 4. The van der Waals surface area contributed by atoms with Crippen molar-refractivity contribution in [2.45, 2.75) is 44.2 Å². The number of carboxylic acid groups (broad SMARTS) is 1. The highest BCUT2D eigenvalue weighted by molar-refractivity contribution is 5.88. The maximum Gasteiger partial charge on any atom is 0.354 e. The molecule has 7 nitrogen and oxygen atoms in total. The van der Waals surface area contributed by atoms with E-state index in [1.165, 1.54) is 43.3 Å². The summed E-state index contributed by atoms with van der Waals surface area (Å²) in [6.07, 6.45) is 7.72. The Morgan fingerprint density at radius 1 is 1.22 bits per heavy atom. The van der Waals surface area contributed by atoms with Crippen molar-refractivity contribution in [2.75, 3.05) is 13.1 Å². The predicted molar refractivity (Wildman–Crippen MR) is 83.3 cm³/mol. The molecule has 23 heavy (non-hydrogen) atoms. The van der Waals surface area contributed by atoms with Gasteiger partial charge in [0.05, 0.1) is 6.20 Å². The molecule has 0 atom stereocenters. The van der Waals surface area contributed by atoms with Crippen LogP contribution in [0.5, 0.6) is 0 Å². The van der Waals surface area contributed by atoms with Gasteiger partial charge in [-0.15, -0.1) is 5.10 Å². The Labute approximate surface area is 133 Å². The number of carboxylic acids is 1. The van der Waals surface area contributed by atoms with E-state index in [0.29, 0.717) is 11.7 Å². The minimum Gasteiger partial charge on any atom is -0.477 e. The fourth-order valence-corrected chi connectivity index (χ4v) is 3.43. The van der Waals surface area contributed by atoms with Crippen LogP contribution in [0.2, 0.25) is 0 Å². The van der Waals surface area contributed by atoms with Crippen LogP contribution in [-0.4, -0.2) is 56.1 Å². The number of piperidine rings is 1. The number of aromatic nitrogens is 3. The van der Waals surface area contributed by atoms with E-state index >= 15 is 0 Å². The molecular formula is C16H20N4O3. The van der Waals surface area contributed by atoms with E-state index < -0.39 is 5.97 Å². The van der Waals surface area contributed by atoms with Crippen LogP contribution < -0.4 is 4.84 Å². The van der Waals surface area contributed by atoms with Crippen LogP contribution in [0.15, 0.2) is 18.3 Å². The van der Waals surface area contributed by atoms with Gasteiger partial charge in [0.15, 0.2) is 11.3 Å². The van der Waals surface area contributed by atoms with E-state index in [2.05, 4.69) is 15.0 Å². The van der Waals surface area contributed by atoms with Gasteiger partial charge in [-0.25, -0.2) is 9.78 Å². The molecular weight excluding hydrogens is 296 g/mol. The van der Waals surface area contributed by atoms with Crippen LogP contribution in [-0.2, 0) is 0 Å². The summed E-state index contributed by atoms with van der Waals surface area (Å²) in [5.74, 6) is -1.05. The molecule has 7 heteroatoms. The molecule has 0 bridgehead atoms. The van der Waals surface area contributed by atoms with Crippen LogP contribution >= 0.6 is 0 Å². The Morgan fingerprint density at radius 2 is 2.00 bits per heavy atom. The smallest absolute Gasteiger partial charge is 0.354 e. The lowest BCUT2D eigenvalue weighted by Crippen LogP contribution is -2.52. The molecule has 1 N–H and O–H groups in total. The van der Waals surface area contributed by atoms with Gasteiger partial charge in [0, 0.05) is 24.3 Å². The fourth-order valence-electron chi connectivity index (χ4n) is 3.43. The number of hydrogen-bond acceptors (Lipinski definition) is 5. The number of hydrogen-bond donors (Lipinski definition) is 1. The van der Waals surface area contributed by atoms with Crippen molar-refractivity contribution in [1.29, 1.82) is 0 Å². The molecule has 1 saturated heterocycles. The summed E-state index contributed by atoms with van der Waals surface area (Å²) in [4.78, 5) is 25.0. The predicted octanol–water partition coefficient (Wildman–Crippen LogP) is 1.57. The third kappa shape index (κ3) is 2.76. The first-order chi connectivity index (χ1) is 11.2. The zero-order valence-electron chi connectivity index (χ0n) is 12.9. The van der Waals surface area contributed by atoms with Crippen LogP contribution in [0, 0.1) is 0 Å². The molecule has 0 amide bonds. The van der Waals surface area contributed by atoms with Crippen molar-refractivity contribution in [1.82, 2.24) is 19.8 Å². The van der Waals surface area contributed by atoms with E-state index in [4.69, 9.17) is 9.94 Å². The second-order valence-corrected chi connectivity index (χ2v) is 6.38. The van der Waals surface area contributed by atoms with Gasteiger partial charge in [0.2, 0.25) is 0 Å². The Hall–Kier alpha value is -2.15. The summed E-state index contributed by atoms with van der Waals surface area (Å²) < 4.78 is 0. The van der Waals surface area contributed by atoms with Crippen LogP contribution in [0.25, 0.3) is 11.0 Å². The van der Waals surface area contributed by atoms with Gasteiger partial charge >= 0.3 is 5.97 Å². The summed E-state index contributed by atoms with van der Waals surface area (Å²) in [5.41, 5.74) is 0.467. The van der Waals surface area contributed by atoms with E-state index in [-0.39, 0.29) is 11.8 Å². The molecule has 0 unspecified atom stereocenters. The average molecular weight is 316 g/mol. The molecule has 3 heterocycles. The first kappa shape index (κ1) is 14.4. The third-order valence-corrected chi connectivity index (χ3v) is 4.83. The fraction of sp³-hybridized carbons (Fsp3) is 0.562. The van der Waals surface area contributed by atoms with Crippen molar-refractivity contribution in [3.8, 4) is 0 Å². The highest BCUT2D eigenvalue weighted by Crippen LogP contribution is 2.29. The Bertz CT molecular complexity index is 717. The van der Waals surface area contributed by atoms with E-state index in [0.717, 1.165) is 18.2 Å². The highest BCUT2D eigenvalue weighted by atomic mass is 16.7. The van der Waals surface area contributed by atoms with Crippen LogP contribution in [0.1, 0.15) is 42.6 Å². The second kappa shape index (κ2) is 5.81. The summed E-state index contributed by atoms with van der Waals surface area (Å²) in [7, 11) is 0. The first-order valence-corrected chi connectivity index (χ1v) is 8.20. The molecule has 122 valence electrons. The Morgan fingerprint density at radius 3 is 2.74 bits per heavy atom. The normalized spacial score (nSPS) is 25.2. The van der Waals surface area contributed by atoms with Crippen molar-refractivity contribution in [3.05, 3.63) is 24.0 Å². The molecule has 2 aromatic rings. The lowest BCUT2D eigenvalue weighted by molar-refractivity contribution is -0.0682. The molecule has 1 aliphatic heterocycles. The summed E-state index contributed by atoms with van der Waals surface area (Å²) in [6, 6.07) is 3.80. The van der Waals surface area contributed by atoms with Gasteiger partial charge in [-0.1, -0.05) is 11.3 Å². The number of carbonyl (C=O) groups is 1. The topological polar surface area (TPSA) is 80.5 Å². The molecule has 0 spiro atoms. The zero-order chi connectivity index (χ0) is 15.8. The van der Waals surface area contributed by atoms with Crippen molar-refractivity contribution in [2.24, 2.45) is 0 Å². The number of likely N-dealkylation sites (tertiary alicyclic amines) is 1. The summed E-state index contributed by atoms with van der Waals surface area (Å²) in [6.45, 7) is 2.40. The minimum absolute atomic E-state index is 0.00246. The molecule has 2 fully saturated rings. The van der Waals surface area contributed by atoms with E-state index in [1.807, 2.05) is 0 Å². The van der Waals surface area contributed by atoms with E-state index in [1.54, 1.807) is 12.3 Å². The monoisotopic (exact) mass is 316 g/mol. The van der Waals surface area contributed by atoms with Gasteiger partial charge in [-0.2, -0.15) is 0 Å². The molecule has 1 aliphatic carbocycles. The quantitative estimate of drug-likeness (QED) is 0.922. The molecule has 2 aromatic heterocycles. The van der Waals surface area contributed by atoms with Crippen molar-refractivity contribution >= 4 is 17.0 Å². The largest absolute Gasteiger partial charge is 0.477 e. The number of nitrogens with zero attached hydrogens (tertiary/aromatic N) is 4. The highest BCUT2D eigenvalue weighted by Gasteiger charge is 2.36. The third-order valence-electron chi connectivity index (χ3n) is 4.83. The molecule has 2 aliphatic rings. The minimum atomic E-state index is -1.05. The average Bonchev–Trinajstić information content (AvgIpc) is 2.93. The summed E-state index contributed by atoms with van der Waals surface area (Å²) >= 11 is 0. The molecule has 0 aromatic carbocycles. The number of fused-ring (bicyclic) bond motifs is 1. The maximum absolute atomic E-state index is 11.0. The van der Waals surface area contributed by atoms with Gasteiger partial charge in [-0.3, -0.25) is 0 Å². The van der Waals surface area contributed by atoms with Gasteiger partial charge in [-0.05, 0) is 38.1 Å². The van der Waals surface area contributed by atoms with Gasteiger partial charge in [0.1, 0.15) is 6.10 Å². The van der Waals surface area contributed by atoms with E-state index in [9.17, 15) is 4.79 Å². The second-order valence-electron chi connectivity index (χ2n) is 6.38. The SMILES string of the molecule is O=C(O)c1ccc2cnn(OC3CC(N4CCCCC4)C3)c2n1. The van der Waals surface area contributed by atoms with Crippen LogP contribution in [0.4, 0.5) is 0 Å².